The van der Waals surface area contributed by atoms with Crippen LogP contribution in [0.3, 0.4) is 0 Å². The van der Waals surface area contributed by atoms with Crippen molar-refractivity contribution in [2.45, 2.75) is 51.1 Å². The average molecular weight is 434 g/mol. The molecule has 2 aliphatic rings. The molecule has 0 saturated carbocycles. The van der Waals surface area contributed by atoms with E-state index in [2.05, 4.69) is 10.3 Å². The number of hydrogen-bond acceptors (Lipinski definition) is 4. The fourth-order valence-corrected chi connectivity index (χ4v) is 4.58. The molecule has 0 aliphatic carbocycles. The topological polar surface area (TPSA) is 54.5 Å². The summed E-state index contributed by atoms with van der Waals surface area (Å²) in [5, 5.41) is 3.55. The molecule has 2 fully saturated rings. The van der Waals surface area contributed by atoms with Gasteiger partial charge in [0.2, 0.25) is 5.91 Å². The second-order valence-corrected chi connectivity index (χ2v) is 7.99. The van der Waals surface area contributed by atoms with Gasteiger partial charge in [-0.25, -0.2) is 4.39 Å². The Hall–Kier alpha value is -2.18. The number of pyridine rings is 1. The highest BCUT2D eigenvalue weighted by Crippen LogP contribution is 2.40. The molecular formula is C23H29ClFN3O2. The minimum atomic E-state index is -0.467. The molecular weight excluding hydrogens is 405 g/mol. The lowest BCUT2D eigenvalue weighted by Crippen LogP contribution is -2.47. The van der Waals surface area contributed by atoms with E-state index in [1.807, 2.05) is 33.2 Å². The summed E-state index contributed by atoms with van der Waals surface area (Å²) < 4.78 is 20.3. The third-order valence-electron chi connectivity index (χ3n) is 6.22. The monoisotopic (exact) mass is 433 g/mol. The molecule has 5 nitrogen and oxygen atoms in total. The van der Waals surface area contributed by atoms with Gasteiger partial charge < -0.3 is 9.64 Å². The Balaban J connectivity index is 0.00000256. The van der Waals surface area contributed by atoms with E-state index >= 15 is 0 Å². The number of rotatable bonds is 5. The number of benzene rings is 1. The number of amides is 1. The number of aryl methyl sites for hydroxylation is 1. The van der Waals surface area contributed by atoms with Crippen LogP contribution in [0.25, 0.3) is 11.1 Å². The molecule has 1 N–H and O–H groups in total. The predicted molar refractivity (Wildman–Crippen MR) is 118 cm³/mol. The molecule has 0 radical (unpaired) electrons. The summed E-state index contributed by atoms with van der Waals surface area (Å²) in [5.41, 5.74) is 2.75. The summed E-state index contributed by atoms with van der Waals surface area (Å²) in [4.78, 5) is 19.1. The van der Waals surface area contributed by atoms with Crippen LogP contribution in [-0.2, 0) is 11.2 Å². The first-order valence-corrected chi connectivity index (χ1v) is 10.4. The number of carbonyl (C=O) groups is 1. The molecule has 2 aliphatic heterocycles. The van der Waals surface area contributed by atoms with Gasteiger partial charge in [0.15, 0.2) is 0 Å². The van der Waals surface area contributed by atoms with Crippen molar-refractivity contribution in [3.05, 3.63) is 47.5 Å². The highest BCUT2D eigenvalue weighted by Gasteiger charge is 2.50. The van der Waals surface area contributed by atoms with E-state index in [1.54, 1.807) is 17.0 Å². The van der Waals surface area contributed by atoms with E-state index in [-0.39, 0.29) is 30.2 Å². The first kappa shape index (κ1) is 22.5. The molecule has 1 amide bonds. The number of likely N-dealkylation sites (tertiary alicyclic amines) is 1. The SMILES string of the molecule is CCOc1ccc(F)c(-c2cc([C@H]3CC[C@@]4(CCN(C)C4=O)N3)ncc2CC)c1.Cl. The van der Waals surface area contributed by atoms with Crippen molar-refractivity contribution in [1.82, 2.24) is 15.2 Å². The second kappa shape index (κ2) is 8.90. The summed E-state index contributed by atoms with van der Waals surface area (Å²) >= 11 is 0. The van der Waals surface area contributed by atoms with Gasteiger partial charge in [-0.1, -0.05) is 6.92 Å². The Labute approximate surface area is 183 Å². The van der Waals surface area contributed by atoms with Crippen LogP contribution >= 0.6 is 12.4 Å². The fourth-order valence-electron chi connectivity index (χ4n) is 4.58. The molecule has 0 unspecified atom stereocenters. The maximum absolute atomic E-state index is 14.7. The van der Waals surface area contributed by atoms with E-state index in [4.69, 9.17) is 4.74 Å². The number of carbonyl (C=O) groups excluding carboxylic acids is 1. The van der Waals surface area contributed by atoms with Gasteiger partial charge in [0.05, 0.1) is 18.3 Å². The third-order valence-corrected chi connectivity index (χ3v) is 6.22. The highest BCUT2D eigenvalue weighted by molar-refractivity contribution is 5.88. The molecule has 2 aromatic rings. The minimum Gasteiger partial charge on any atom is -0.494 e. The average Bonchev–Trinajstić information content (AvgIpc) is 3.29. The Morgan fingerprint density at radius 2 is 2.07 bits per heavy atom. The van der Waals surface area contributed by atoms with Crippen LogP contribution in [-0.4, -0.2) is 41.5 Å². The molecule has 7 heteroatoms. The molecule has 2 atom stereocenters. The van der Waals surface area contributed by atoms with E-state index in [0.29, 0.717) is 17.9 Å². The van der Waals surface area contributed by atoms with E-state index < -0.39 is 5.54 Å². The third kappa shape index (κ3) is 3.91. The predicted octanol–water partition coefficient (Wildman–Crippen LogP) is 4.30. The van der Waals surface area contributed by atoms with Crippen LogP contribution in [0.5, 0.6) is 5.75 Å². The number of aromatic nitrogens is 1. The number of nitrogens with zero attached hydrogens (tertiary/aromatic N) is 2. The van der Waals surface area contributed by atoms with Gasteiger partial charge >= 0.3 is 0 Å². The van der Waals surface area contributed by atoms with Gasteiger partial charge in [0, 0.05) is 25.4 Å². The Morgan fingerprint density at radius 3 is 2.73 bits per heavy atom. The smallest absolute Gasteiger partial charge is 0.242 e. The summed E-state index contributed by atoms with van der Waals surface area (Å²) in [5.74, 6) is 0.548. The van der Waals surface area contributed by atoms with Crippen LogP contribution < -0.4 is 10.1 Å². The van der Waals surface area contributed by atoms with Gasteiger partial charge in [0.1, 0.15) is 17.1 Å². The maximum Gasteiger partial charge on any atom is 0.242 e. The zero-order chi connectivity index (χ0) is 20.6. The first-order chi connectivity index (χ1) is 14.0. The van der Waals surface area contributed by atoms with Gasteiger partial charge in [-0.15, -0.1) is 12.4 Å². The van der Waals surface area contributed by atoms with Crippen LogP contribution in [0.2, 0.25) is 0 Å². The molecule has 1 spiro atoms. The lowest BCUT2D eigenvalue weighted by molar-refractivity contribution is -0.131. The number of halogens is 2. The summed E-state index contributed by atoms with van der Waals surface area (Å²) in [6, 6.07) is 6.84. The van der Waals surface area contributed by atoms with Crippen LogP contribution in [0, 0.1) is 5.82 Å². The van der Waals surface area contributed by atoms with Crippen molar-refractivity contribution < 1.29 is 13.9 Å². The van der Waals surface area contributed by atoms with E-state index in [0.717, 1.165) is 49.0 Å². The Morgan fingerprint density at radius 1 is 1.27 bits per heavy atom. The van der Waals surface area contributed by atoms with Gasteiger partial charge in [-0.3, -0.25) is 15.1 Å². The molecule has 3 heterocycles. The standard InChI is InChI=1S/C23H28FN3O2.ClH/c1-4-15-14-25-21(20-8-9-23(26-20)10-11-27(3)22(23)28)13-17(15)18-12-16(29-5-2)6-7-19(18)24;/h6-7,12-14,20,26H,4-5,8-11H2,1-3H3;1H/t20-,23+;/m1./s1. The highest BCUT2D eigenvalue weighted by atomic mass is 35.5. The number of hydrogen-bond donors (Lipinski definition) is 1. The van der Waals surface area contributed by atoms with Crippen molar-refractivity contribution in [3.8, 4) is 16.9 Å². The largest absolute Gasteiger partial charge is 0.494 e. The van der Waals surface area contributed by atoms with Crippen LogP contribution in [0.15, 0.2) is 30.5 Å². The summed E-state index contributed by atoms with van der Waals surface area (Å²) in [6.45, 7) is 5.26. The molecule has 30 heavy (non-hydrogen) atoms. The normalized spacial score (nSPS) is 23.1. The van der Waals surface area contributed by atoms with Crippen molar-refractivity contribution in [2.24, 2.45) is 0 Å². The van der Waals surface area contributed by atoms with E-state index in [9.17, 15) is 9.18 Å². The number of ether oxygens (including phenoxy) is 1. The maximum atomic E-state index is 14.7. The van der Waals surface area contributed by atoms with Gasteiger partial charge in [-0.05, 0) is 68.0 Å². The minimum absolute atomic E-state index is 0. The van der Waals surface area contributed by atoms with Crippen LogP contribution in [0.1, 0.15) is 50.4 Å². The van der Waals surface area contributed by atoms with Gasteiger partial charge in [0.25, 0.3) is 0 Å². The fraction of sp³-hybridized carbons (Fsp3) is 0.478. The van der Waals surface area contributed by atoms with Crippen molar-refractivity contribution >= 4 is 18.3 Å². The molecule has 162 valence electrons. The van der Waals surface area contributed by atoms with Crippen molar-refractivity contribution in [1.29, 1.82) is 0 Å². The zero-order valence-corrected chi connectivity index (χ0v) is 18.5. The van der Waals surface area contributed by atoms with Gasteiger partial charge in [-0.2, -0.15) is 0 Å². The number of nitrogens with one attached hydrogen (secondary N) is 1. The molecule has 4 rings (SSSR count). The molecule has 1 aromatic carbocycles. The Bertz CT molecular complexity index is 939. The first-order valence-electron chi connectivity index (χ1n) is 10.4. The summed E-state index contributed by atoms with van der Waals surface area (Å²) in [6.07, 6.45) is 5.07. The lowest BCUT2D eigenvalue weighted by atomic mass is 9.95. The van der Waals surface area contributed by atoms with Crippen LogP contribution in [0.4, 0.5) is 4.39 Å². The van der Waals surface area contributed by atoms with Crippen molar-refractivity contribution in [2.75, 3.05) is 20.2 Å². The Kier molecular flexibility index (Phi) is 6.68. The van der Waals surface area contributed by atoms with Crippen molar-refractivity contribution in [3.63, 3.8) is 0 Å². The second-order valence-electron chi connectivity index (χ2n) is 7.99. The molecule has 0 bridgehead atoms. The molecule has 1 aromatic heterocycles. The zero-order valence-electron chi connectivity index (χ0n) is 17.7. The summed E-state index contributed by atoms with van der Waals surface area (Å²) in [7, 11) is 1.85. The number of likely N-dealkylation sites (N-methyl/N-ethyl adjacent to an activating group) is 1. The molecule has 2 saturated heterocycles. The van der Waals surface area contributed by atoms with E-state index in [1.165, 1.54) is 6.07 Å². The lowest BCUT2D eigenvalue weighted by Gasteiger charge is -2.23. The quantitative estimate of drug-likeness (QED) is 0.764.